The Kier molecular flexibility index (Phi) is 11.1. The number of nitrogens with zero attached hydrogens (tertiary/aromatic N) is 7. The smallest absolute Gasteiger partial charge is 0.250 e. The van der Waals surface area contributed by atoms with Gasteiger partial charge in [0, 0.05) is 81.0 Å². The molecule has 6 aliphatic rings. The molecule has 2 aliphatic carbocycles. The minimum absolute atomic E-state index is 0.00177. The molecule has 2 saturated carbocycles. The second-order valence-electron chi connectivity index (χ2n) is 16.6. The van der Waals surface area contributed by atoms with Gasteiger partial charge in [0.25, 0.3) is 5.95 Å². The molecule has 298 valence electrons. The van der Waals surface area contributed by atoms with Crippen LogP contribution in [0.5, 0.6) is 0 Å². The highest BCUT2D eigenvalue weighted by atomic mass is 19.3. The van der Waals surface area contributed by atoms with Crippen molar-refractivity contribution in [2.45, 2.75) is 121 Å². The van der Waals surface area contributed by atoms with E-state index in [9.17, 15) is 27.2 Å². The highest BCUT2D eigenvalue weighted by Crippen LogP contribution is 2.47. The number of Topliss-reactive ketones (excluding diaryl/α,β-unsaturated/α-hetero) is 1. The van der Waals surface area contributed by atoms with Crippen molar-refractivity contribution in [1.82, 2.24) is 34.6 Å². The molecule has 1 spiro atoms. The molecule has 1 amide bonds. The maximum Gasteiger partial charge on any atom is 0.250 e. The van der Waals surface area contributed by atoms with Crippen LogP contribution in [0.1, 0.15) is 101 Å². The monoisotopic (exact) mass is 761 g/mol. The SMILES string of the molecule is CC(c1cn2c(n1)N=C(N1CC3COCCN3C3(CC3)C1)C(C[C@H]1CC(C(F)F)CNC1=O)N2)C1CCC(F)(F)CC1.CCn1nccc1C(=O)C(C)C. The van der Waals surface area contributed by atoms with E-state index in [1.165, 1.54) is 0 Å². The second kappa shape index (κ2) is 15.5. The van der Waals surface area contributed by atoms with Crippen LogP contribution in [0.2, 0.25) is 0 Å². The van der Waals surface area contributed by atoms with Crippen molar-refractivity contribution in [3.63, 3.8) is 0 Å². The van der Waals surface area contributed by atoms with Crippen molar-refractivity contribution in [2.75, 3.05) is 44.8 Å². The fraction of sp³-hybridized carbons (Fsp3) is 0.763. The van der Waals surface area contributed by atoms with E-state index in [2.05, 4.69) is 25.6 Å². The highest BCUT2D eigenvalue weighted by Gasteiger charge is 2.56. The molecule has 2 N–H and O–H groups in total. The summed E-state index contributed by atoms with van der Waals surface area (Å²) < 4.78 is 64.2. The second-order valence-corrected chi connectivity index (χ2v) is 16.6. The van der Waals surface area contributed by atoms with Crippen molar-refractivity contribution < 1.29 is 31.9 Å². The Morgan fingerprint density at radius 2 is 1.87 bits per heavy atom. The van der Waals surface area contributed by atoms with Crippen LogP contribution in [0.15, 0.2) is 23.5 Å². The largest absolute Gasteiger partial charge is 0.378 e. The summed E-state index contributed by atoms with van der Waals surface area (Å²) in [6.07, 6.45) is 4.48. The zero-order chi connectivity index (χ0) is 38.4. The summed E-state index contributed by atoms with van der Waals surface area (Å²) in [5, 5.41) is 6.73. The van der Waals surface area contributed by atoms with E-state index in [-0.39, 0.29) is 72.9 Å². The third kappa shape index (κ3) is 8.05. The number of carbonyl (C=O) groups excluding carboxylic acids is 2. The number of rotatable bonds is 8. The molecule has 54 heavy (non-hydrogen) atoms. The number of ketones is 1. The molecule has 5 atom stereocenters. The average molecular weight is 762 g/mol. The number of hydrogen-bond donors (Lipinski definition) is 2. The lowest BCUT2D eigenvalue weighted by Gasteiger charge is -2.51. The van der Waals surface area contributed by atoms with Gasteiger partial charge in [-0.1, -0.05) is 20.8 Å². The number of nitrogens with one attached hydrogen (secondary N) is 2. The topological polar surface area (TPSA) is 122 Å². The summed E-state index contributed by atoms with van der Waals surface area (Å²) >= 11 is 0. The van der Waals surface area contributed by atoms with E-state index in [1.54, 1.807) is 21.6 Å². The Morgan fingerprint density at radius 1 is 1.11 bits per heavy atom. The van der Waals surface area contributed by atoms with Crippen LogP contribution in [0.25, 0.3) is 0 Å². The van der Waals surface area contributed by atoms with Gasteiger partial charge in [-0.05, 0) is 57.4 Å². The maximum atomic E-state index is 13.8. The van der Waals surface area contributed by atoms with Gasteiger partial charge in [0.05, 0.1) is 31.1 Å². The van der Waals surface area contributed by atoms with E-state index >= 15 is 0 Å². The molecular formula is C38H55F4N9O3. The van der Waals surface area contributed by atoms with Crippen LogP contribution in [0, 0.1) is 23.7 Å². The number of halogens is 4. The quantitative estimate of drug-likeness (QED) is 0.269. The molecule has 12 nitrogen and oxygen atoms in total. The number of ether oxygens (including phenoxy) is 1. The highest BCUT2D eigenvalue weighted by molar-refractivity contribution is 5.95. The van der Waals surface area contributed by atoms with Gasteiger partial charge in [-0.15, -0.1) is 0 Å². The zero-order valence-corrected chi connectivity index (χ0v) is 31.8. The first-order chi connectivity index (χ1) is 25.8. The van der Waals surface area contributed by atoms with Crippen LogP contribution >= 0.6 is 0 Å². The molecule has 0 bridgehead atoms. The van der Waals surface area contributed by atoms with Gasteiger partial charge in [0.2, 0.25) is 18.3 Å². The Hall–Kier alpha value is -3.53. The van der Waals surface area contributed by atoms with Crippen LogP contribution < -0.4 is 10.7 Å². The normalized spacial score (nSPS) is 28.4. The van der Waals surface area contributed by atoms with Crippen LogP contribution in [0.4, 0.5) is 23.5 Å². The molecule has 4 unspecified atom stereocenters. The van der Waals surface area contributed by atoms with E-state index in [4.69, 9.17) is 14.7 Å². The van der Waals surface area contributed by atoms with Gasteiger partial charge in [-0.3, -0.25) is 19.2 Å². The van der Waals surface area contributed by atoms with Crippen LogP contribution in [-0.4, -0.2) is 116 Å². The van der Waals surface area contributed by atoms with Crippen molar-refractivity contribution in [2.24, 2.45) is 28.7 Å². The molecule has 2 aromatic rings. The fourth-order valence-corrected chi connectivity index (χ4v) is 9.10. The Balaban J connectivity index is 0.000000321. The lowest BCUT2D eigenvalue weighted by Crippen LogP contribution is -2.66. The molecule has 4 aliphatic heterocycles. The molecule has 3 saturated heterocycles. The summed E-state index contributed by atoms with van der Waals surface area (Å²) in [5.41, 5.74) is 5.13. The molecular weight excluding hydrogens is 706 g/mol. The summed E-state index contributed by atoms with van der Waals surface area (Å²) in [6.45, 7) is 12.4. The van der Waals surface area contributed by atoms with Gasteiger partial charge < -0.3 is 20.4 Å². The average Bonchev–Trinajstić information content (AvgIpc) is 3.54. The number of piperidine rings is 1. The van der Waals surface area contributed by atoms with Crippen molar-refractivity contribution in [3.8, 4) is 0 Å². The van der Waals surface area contributed by atoms with E-state index < -0.39 is 24.2 Å². The summed E-state index contributed by atoms with van der Waals surface area (Å²) in [4.78, 5) is 39.2. The molecule has 6 heterocycles. The summed E-state index contributed by atoms with van der Waals surface area (Å²) in [7, 11) is 0. The number of hydrogen-bond acceptors (Lipinski definition) is 9. The third-order valence-electron chi connectivity index (χ3n) is 12.5. The number of amides is 1. The lowest BCUT2D eigenvalue weighted by atomic mass is 9.78. The predicted octanol–water partition coefficient (Wildman–Crippen LogP) is 5.47. The Bertz CT molecular complexity index is 1680. The van der Waals surface area contributed by atoms with E-state index in [0.717, 1.165) is 57.2 Å². The molecule has 0 aromatic carbocycles. The number of carbonyl (C=O) groups is 2. The predicted molar refractivity (Wildman–Crippen MR) is 195 cm³/mol. The molecule has 8 rings (SSSR count). The number of fused-ring (bicyclic) bond motifs is 3. The first-order valence-electron chi connectivity index (χ1n) is 19.8. The minimum atomic E-state index is -2.58. The number of alkyl halides is 4. The number of aromatic nitrogens is 4. The number of imidazole rings is 1. The van der Waals surface area contributed by atoms with Gasteiger partial charge in [-0.25, -0.2) is 27.2 Å². The zero-order valence-electron chi connectivity index (χ0n) is 31.8. The summed E-state index contributed by atoms with van der Waals surface area (Å²) in [6, 6.07) is 1.63. The summed E-state index contributed by atoms with van der Waals surface area (Å²) in [5.74, 6) is -2.62. The maximum absolute atomic E-state index is 13.8. The molecule has 2 aromatic heterocycles. The van der Waals surface area contributed by atoms with E-state index in [0.29, 0.717) is 37.5 Å². The van der Waals surface area contributed by atoms with Crippen LogP contribution in [-0.2, 0) is 16.1 Å². The van der Waals surface area contributed by atoms with Gasteiger partial charge in [0.1, 0.15) is 17.6 Å². The van der Waals surface area contributed by atoms with Gasteiger partial charge >= 0.3 is 0 Å². The number of aryl methyl sites for hydroxylation is 1. The first-order valence-corrected chi connectivity index (χ1v) is 19.8. The van der Waals surface area contributed by atoms with Crippen molar-refractivity contribution in [3.05, 3.63) is 29.8 Å². The number of morpholine rings is 1. The standard InChI is InChI=1S/C29H41F4N7O2.C9H14N2O/c1-17(18-2-4-29(32,33)5-3-18)23-14-40-27(35-23)36-25(22(37-40)11-19-10-20(24(30)31)12-34-26(19)41)38-13-21-15-42-9-8-39(21)28(16-38)6-7-28;1-4-11-8(5-6-10-11)9(12)7(2)3/h14,17-22,24,37H,2-13,15-16H2,1H3,(H,34,41);5-7H,4H2,1-3H3/t17?,19-,20?,21?,22?;/m1./s1. The lowest BCUT2D eigenvalue weighted by molar-refractivity contribution is -0.129. The fourth-order valence-electron chi connectivity index (χ4n) is 9.10. The molecule has 0 radical (unpaired) electrons. The molecule has 16 heteroatoms. The number of piperazine rings is 1. The Morgan fingerprint density at radius 3 is 2.56 bits per heavy atom. The van der Waals surface area contributed by atoms with Gasteiger partial charge in [-0.2, -0.15) is 10.1 Å². The number of aliphatic imine (C=N–C) groups is 1. The third-order valence-corrected chi connectivity index (χ3v) is 12.5. The van der Waals surface area contributed by atoms with Crippen LogP contribution in [0.3, 0.4) is 0 Å². The van der Waals surface area contributed by atoms with E-state index in [1.807, 2.05) is 33.9 Å². The molecule has 5 fully saturated rings. The first kappa shape index (κ1) is 38.7. The minimum Gasteiger partial charge on any atom is -0.378 e. The number of amidine groups is 1. The van der Waals surface area contributed by atoms with Gasteiger partial charge in [0.15, 0.2) is 5.78 Å². The Labute approximate surface area is 314 Å². The van der Waals surface area contributed by atoms with Crippen molar-refractivity contribution in [1.29, 1.82) is 0 Å². The van der Waals surface area contributed by atoms with Crippen molar-refractivity contribution >= 4 is 23.5 Å².